The van der Waals surface area contributed by atoms with Gasteiger partial charge in [0.25, 0.3) is 0 Å². The number of phenolic OH excluding ortho intramolecular Hbond substituents is 1. The first kappa shape index (κ1) is 11.5. The Morgan fingerprint density at radius 2 is 2.12 bits per heavy atom. The number of phenols is 1. The lowest BCUT2D eigenvalue weighted by atomic mass is 9.97. The van der Waals surface area contributed by atoms with Crippen LogP contribution >= 0.6 is 0 Å². The lowest BCUT2D eigenvalue weighted by molar-refractivity contribution is -0.108. The van der Waals surface area contributed by atoms with E-state index in [2.05, 4.69) is 0 Å². The molecule has 0 heterocycles. The van der Waals surface area contributed by atoms with Crippen molar-refractivity contribution in [2.24, 2.45) is 5.92 Å². The van der Waals surface area contributed by atoms with Gasteiger partial charge in [-0.2, -0.15) is 0 Å². The number of benzene rings is 1. The Kier molecular flexibility index (Phi) is 3.60. The molecule has 3 heteroatoms. The van der Waals surface area contributed by atoms with E-state index in [1.165, 1.54) is 0 Å². The van der Waals surface area contributed by atoms with Gasteiger partial charge in [-0.15, -0.1) is 0 Å². The molecule has 0 radical (unpaired) electrons. The predicted octanol–water partition coefficient (Wildman–Crippen LogP) is 2.82. The average Bonchev–Trinajstić information content (AvgIpc) is 2.35. The van der Waals surface area contributed by atoms with Crippen LogP contribution in [0.2, 0.25) is 0 Å². The molecule has 0 fully saturated rings. The molecule has 0 amide bonds. The highest BCUT2D eigenvalue weighted by Crippen LogP contribution is 2.23. The number of hydrogen-bond donors (Lipinski definition) is 1. The van der Waals surface area contributed by atoms with Gasteiger partial charge in [-0.3, -0.25) is 0 Å². The zero-order chi connectivity index (χ0) is 12.1. The molecule has 0 bridgehead atoms. The SMILES string of the molecule is O=CCC1C=CC(Oc2ccc(O)cc2)=CC1. The third-order valence-corrected chi connectivity index (χ3v) is 2.63. The minimum atomic E-state index is 0.219. The van der Waals surface area contributed by atoms with Crippen molar-refractivity contribution >= 4 is 6.29 Å². The minimum absolute atomic E-state index is 0.219. The second-order valence-corrected chi connectivity index (χ2v) is 3.96. The lowest BCUT2D eigenvalue weighted by Gasteiger charge is -2.14. The number of hydrogen-bond acceptors (Lipinski definition) is 3. The Labute approximate surface area is 100 Å². The monoisotopic (exact) mass is 230 g/mol. The van der Waals surface area contributed by atoms with Crippen molar-refractivity contribution < 1.29 is 14.6 Å². The number of aldehydes is 1. The van der Waals surface area contributed by atoms with E-state index < -0.39 is 0 Å². The van der Waals surface area contributed by atoms with Crippen LogP contribution < -0.4 is 4.74 Å². The summed E-state index contributed by atoms with van der Waals surface area (Å²) in [6.07, 6.45) is 8.16. The van der Waals surface area contributed by atoms with Gasteiger partial charge < -0.3 is 14.6 Å². The largest absolute Gasteiger partial charge is 0.508 e. The van der Waals surface area contributed by atoms with Crippen LogP contribution in [-0.2, 0) is 4.79 Å². The number of ether oxygens (including phenoxy) is 1. The quantitative estimate of drug-likeness (QED) is 0.809. The third-order valence-electron chi connectivity index (χ3n) is 2.63. The first-order chi connectivity index (χ1) is 8.28. The van der Waals surface area contributed by atoms with Gasteiger partial charge in [0.2, 0.25) is 0 Å². The number of rotatable bonds is 4. The van der Waals surface area contributed by atoms with Crippen LogP contribution in [0.25, 0.3) is 0 Å². The van der Waals surface area contributed by atoms with Gasteiger partial charge in [-0.1, -0.05) is 6.08 Å². The number of carbonyl (C=O) groups is 1. The molecule has 3 nitrogen and oxygen atoms in total. The summed E-state index contributed by atoms with van der Waals surface area (Å²) in [5.41, 5.74) is 0. The second-order valence-electron chi connectivity index (χ2n) is 3.96. The van der Waals surface area contributed by atoms with Crippen LogP contribution in [-0.4, -0.2) is 11.4 Å². The molecule has 1 aliphatic carbocycles. The van der Waals surface area contributed by atoms with Crippen LogP contribution in [0.3, 0.4) is 0 Å². The van der Waals surface area contributed by atoms with Crippen LogP contribution in [0.15, 0.2) is 48.3 Å². The van der Waals surface area contributed by atoms with E-state index in [1.807, 2.05) is 18.2 Å². The zero-order valence-corrected chi connectivity index (χ0v) is 9.37. The first-order valence-corrected chi connectivity index (χ1v) is 5.57. The molecule has 1 atom stereocenters. The summed E-state index contributed by atoms with van der Waals surface area (Å²) in [5, 5.41) is 9.14. The Balaban J connectivity index is 1.95. The fourth-order valence-corrected chi connectivity index (χ4v) is 1.67. The average molecular weight is 230 g/mol. The summed E-state index contributed by atoms with van der Waals surface area (Å²) in [7, 11) is 0. The smallest absolute Gasteiger partial charge is 0.127 e. The Morgan fingerprint density at radius 3 is 2.71 bits per heavy atom. The van der Waals surface area contributed by atoms with E-state index in [0.717, 1.165) is 18.5 Å². The summed E-state index contributed by atoms with van der Waals surface area (Å²) < 4.78 is 5.61. The lowest BCUT2D eigenvalue weighted by Crippen LogP contribution is -2.03. The van der Waals surface area contributed by atoms with E-state index in [4.69, 9.17) is 9.84 Å². The van der Waals surface area contributed by atoms with Gasteiger partial charge in [0.05, 0.1) is 0 Å². The van der Waals surface area contributed by atoms with Crippen molar-refractivity contribution in [3.05, 3.63) is 48.3 Å². The van der Waals surface area contributed by atoms with Crippen LogP contribution in [0.4, 0.5) is 0 Å². The van der Waals surface area contributed by atoms with E-state index in [-0.39, 0.29) is 5.75 Å². The molecule has 1 unspecified atom stereocenters. The Morgan fingerprint density at radius 1 is 1.35 bits per heavy atom. The maximum atomic E-state index is 10.4. The summed E-state index contributed by atoms with van der Waals surface area (Å²) >= 11 is 0. The predicted molar refractivity (Wildman–Crippen MR) is 64.7 cm³/mol. The standard InChI is InChI=1S/C14H14O3/c15-10-9-11-1-5-13(6-2-11)17-14-7-3-12(16)4-8-14/h1,3-8,10-11,16H,2,9H2. The van der Waals surface area contributed by atoms with Crippen LogP contribution in [0.1, 0.15) is 12.8 Å². The molecule has 1 aromatic rings. The molecule has 0 saturated carbocycles. The molecule has 1 N–H and O–H groups in total. The molecule has 0 aliphatic heterocycles. The molecule has 2 rings (SSSR count). The summed E-state index contributed by atoms with van der Waals surface area (Å²) in [5.74, 6) is 1.97. The maximum Gasteiger partial charge on any atom is 0.127 e. The van der Waals surface area contributed by atoms with Crippen LogP contribution in [0.5, 0.6) is 11.5 Å². The molecular weight excluding hydrogens is 216 g/mol. The van der Waals surface area contributed by atoms with Gasteiger partial charge in [-0.05, 0) is 48.8 Å². The highest BCUT2D eigenvalue weighted by atomic mass is 16.5. The number of allylic oxidation sites excluding steroid dienone is 3. The topological polar surface area (TPSA) is 46.5 Å². The number of aromatic hydroxyl groups is 1. The highest BCUT2D eigenvalue weighted by Gasteiger charge is 2.09. The zero-order valence-electron chi connectivity index (χ0n) is 9.37. The van der Waals surface area contributed by atoms with Gasteiger partial charge in [-0.25, -0.2) is 0 Å². The minimum Gasteiger partial charge on any atom is -0.508 e. The molecule has 0 spiro atoms. The molecule has 0 aromatic heterocycles. The molecule has 1 aromatic carbocycles. The molecule has 17 heavy (non-hydrogen) atoms. The van der Waals surface area contributed by atoms with Crippen molar-refractivity contribution in [1.29, 1.82) is 0 Å². The fraction of sp³-hybridized carbons (Fsp3) is 0.214. The Bertz CT molecular complexity index is 443. The second kappa shape index (κ2) is 5.34. The molecular formula is C14H14O3. The van der Waals surface area contributed by atoms with E-state index in [0.29, 0.717) is 18.1 Å². The summed E-state index contributed by atoms with van der Waals surface area (Å²) in [6, 6.07) is 6.58. The third kappa shape index (κ3) is 3.21. The van der Waals surface area contributed by atoms with E-state index >= 15 is 0 Å². The van der Waals surface area contributed by atoms with Crippen molar-refractivity contribution in [3.63, 3.8) is 0 Å². The molecule has 0 saturated heterocycles. The van der Waals surface area contributed by atoms with Crippen molar-refractivity contribution in [2.75, 3.05) is 0 Å². The van der Waals surface area contributed by atoms with Crippen molar-refractivity contribution in [3.8, 4) is 11.5 Å². The van der Waals surface area contributed by atoms with E-state index in [1.54, 1.807) is 24.3 Å². The summed E-state index contributed by atoms with van der Waals surface area (Å²) in [6.45, 7) is 0. The van der Waals surface area contributed by atoms with Gasteiger partial charge >= 0.3 is 0 Å². The van der Waals surface area contributed by atoms with Gasteiger partial charge in [0, 0.05) is 6.42 Å². The van der Waals surface area contributed by atoms with E-state index in [9.17, 15) is 4.79 Å². The molecule has 88 valence electrons. The molecule has 1 aliphatic rings. The normalized spacial score (nSPS) is 18.6. The Hall–Kier alpha value is -2.03. The maximum absolute atomic E-state index is 10.4. The van der Waals surface area contributed by atoms with Gasteiger partial charge in [0.1, 0.15) is 23.5 Å². The summed E-state index contributed by atoms with van der Waals surface area (Å²) in [4.78, 5) is 10.4. The van der Waals surface area contributed by atoms with Crippen LogP contribution in [0, 0.1) is 5.92 Å². The van der Waals surface area contributed by atoms with Gasteiger partial charge in [0.15, 0.2) is 0 Å². The van der Waals surface area contributed by atoms with Crippen molar-refractivity contribution in [2.45, 2.75) is 12.8 Å². The highest BCUT2D eigenvalue weighted by molar-refractivity contribution is 5.50. The number of carbonyl (C=O) groups excluding carboxylic acids is 1. The fourth-order valence-electron chi connectivity index (χ4n) is 1.67. The van der Waals surface area contributed by atoms with Crippen molar-refractivity contribution in [1.82, 2.24) is 0 Å². The first-order valence-electron chi connectivity index (χ1n) is 5.57.